The van der Waals surface area contributed by atoms with Crippen LogP contribution in [-0.4, -0.2) is 42.0 Å². The molecule has 128 valence electrons. The van der Waals surface area contributed by atoms with Crippen LogP contribution >= 0.6 is 0 Å². The molecule has 3 heterocycles. The minimum atomic E-state index is -2.79. The second kappa shape index (κ2) is 6.10. The molecule has 0 radical (unpaired) electrons. The Bertz CT molecular complexity index is 762. The fourth-order valence-electron chi connectivity index (χ4n) is 3.30. The lowest BCUT2D eigenvalue weighted by Crippen LogP contribution is -2.32. The fourth-order valence-corrected chi connectivity index (χ4v) is 3.30. The quantitative estimate of drug-likeness (QED) is 0.801. The Morgan fingerprint density at radius 2 is 2.25 bits per heavy atom. The van der Waals surface area contributed by atoms with E-state index in [1.165, 1.54) is 0 Å². The monoisotopic (exact) mass is 338 g/mol. The van der Waals surface area contributed by atoms with Crippen LogP contribution in [0, 0.1) is 0 Å². The predicted molar refractivity (Wildman–Crippen MR) is 78.2 cm³/mol. The molecule has 1 atom stereocenters. The lowest BCUT2D eigenvalue weighted by Gasteiger charge is -2.22. The third-order valence-electron chi connectivity index (χ3n) is 4.34. The third kappa shape index (κ3) is 2.55. The van der Waals surface area contributed by atoms with Gasteiger partial charge in [-0.15, -0.1) is 0 Å². The average molecular weight is 338 g/mol. The maximum atomic E-state index is 13.4. The highest BCUT2D eigenvalue weighted by Gasteiger charge is 2.33. The number of fused-ring (bicyclic) bond motifs is 3. The van der Waals surface area contributed by atoms with Gasteiger partial charge in [0.25, 0.3) is 6.43 Å². The molecule has 2 aromatic rings. The molecule has 1 saturated heterocycles. The van der Waals surface area contributed by atoms with Gasteiger partial charge in [-0.2, -0.15) is 5.10 Å². The summed E-state index contributed by atoms with van der Waals surface area (Å²) in [4.78, 5) is 11.0. The van der Waals surface area contributed by atoms with E-state index >= 15 is 0 Å². The number of hydrogen-bond acceptors (Lipinski definition) is 5. The van der Waals surface area contributed by atoms with Crippen LogP contribution in [0.4, 0.5) is 8.78 Å². The van der Waals surface area contributed by atoms with Gasteiger partial charge in [-0.25, -0.2) is 8.78 Å². The van der Waals surface area contributed by atoms with E-state index in [2.05, 4.69) is 5.10 Å². The van der Waals surface area contributed by atoms with Crippen molar-refractivity contribution in [1.82, 2.24) is 9.78 Å². The Labute approximate surface area is 136 Å². The van der Waals surface area contributed by atoms with Crippen molar-refractivity contribution in [3.05, 3.63) is 28.8 Å². The first kappa shape index (κ1) is 15.5. The lowest BCUT2D eigenvalue weighted by molar-refractivity contribution is -0.0946. The number of rotatable bonds is 4. The number of aromatic nitrogens is 2. The van der Waals surface area contributed by atoms with Gasteiger partial charge in [-0.1, -0.05) is 0 Å². The number of nitrogens with zero attached hydrogens (tertiary/aromatic N) is 2. The molecule has 1 unspecified atom stereocenters. The number of ether oxygens (including phenoxy) is 2. The zero-order chi connectivity index (χ0) is 16.7. The molecule has 1 aliphatic heterocycles. The number of halogens is 2. The maximum Gasteiger partial charge on any atom is 0.268 e. The van der Waals surface area contributed by atoms with E-state index in [0.717, 1.165) is 5.56 Å². The van der Waals surface area contributed by atoms with E-state index in [-0.39, 0.29) is 23.0 Å². The summed E-state index contributed by atoms with van der Waals surface area (Å²) in [5.74, 6) is 0.101. The van der Waals surface area contributed by atoms with Crippen LogP contribution in [0.2, 0.25) is 0 Å². The SMILES string of the molecule is O=Cc1oc2c(c1C(F)F)-c1nn(CC3COCCO3)cc1CC2. The van der Waals surface area contributed by atoms with Gasteiger partial charge in [0, 0.05) is 12.6 Å². The number of alkyl halides is 2. The zero-order valence-electron chi connectivity index (χ0n) is 12.8. The van der Waals surface area contributed by atoms with Crippen molar-refractivity contribution < 1.29 is 27.5 Å². The first-order valence-electron chi connectivity index (χ1n) is 7.82. The van der Waals surface area contributed by atoms with Crippen LogP contribution in [0.5, 0.6) is 0 Å². The Morgan fingerprint density at radius 1 is 1.38 bits per heavy atom. The number of aryl methyl sites for hydroxylation is 2. The van der Waals surface area contributed by atoms with Gasteiger partial charge in [0.2, 0.25) is 0 Å². The molecule has 2 aliphatic rings. The summed E-state index contributed by atoms with van der Waals surface area (Å²) < 4.78 is 44.8. The molecule has 2 aromatic heterocycles. The normalized spacial score (nSPS) is 20.0. The minimum Gasteiger partial charge on any atom is -0.457 e. The van der Waals surface area contributed by atoms with Crippen molar-refractivity contribution in [2.75, 3.05) is 19.8 Å². The smallest absolute Gasteiger partial charge is 0.268 e. The summed E-state index contributed by atoms with van der Waals surface area (Å²) in [5.41, 5.74) is 1.26. The van der Waals surface area contributed by atoms with Crippen molar-refractivity contribution in [1.29, 1.82) is 0 Å². The van der Waals surface area contributed by atoms with E-state index in [4.69, 9.17) is 13.9 Å². The zero-order valence-corrected chi connectivity index (χ0v) is 12.8. The minimum absolute atomic E-state index is 0.107. The van der Waals surface area contributed by atoms with E-state index in [9.17, 15) is 13.6 Å². The Morgan fingerprint density at radius 3 is 2.96 bits per heavy atom. The topological polar surface area (TPSA) is 66.5 Å². The van der Waals surface area contributed by atoms with Crippen molar-refractivity contribution in [2.45, 2.75) is 31.9 Å². The summed E-state index contributed by atoms with van der Waals surface area (Å²) in [6, 6.07) is 0. The number of carbonyl (C=O) groups is 1. The summed E-state index contributed by atoms with van der Waals surface area (Å²) in [5, 5.41) is 4.45. The molecule has 0 amide bonds. The Balaban J connectivity index is 1.70. The molecule has 1 aliphatic carbocycles. The van der Waals surface area contributed by atoms with Crippen molar-refractivity contribution in [3.8, 4) is 11.3 Å². The maximum absolute atomic E-state index is 13.4. The first-order valence-corrected chi connectivity index (χ1v) is 7.82. The van der Waals surface area contributed by atoms with Crippen LogP contribution < -0.4 is 0 Å². The Kier molecular flexibility index (Phi) is 3.93. The van der Waals surface area contributed by atoms with E-state index in [0.29, 0.717) is 56.9 Å². The standard InChI is InChI=1S/C16H16F2N2O4/c17-16(18)14-12(7-21)24-11-2-1-9-5-20(19-15(9)13(11)14)6-10-8-22-3-4-23-10/h5,7,10,16H,1-4,6,8H2. The van der Waals surface area contributed by atoms with Gasteiger partial charge < -0.3 is 13.9 Å². The molecule has 4 rings (SSSR count). The van der Waals surface area contributed by atoms with Crippen LogP contribution in [0.25, 0.3) is 11.3 Å². The fraction of sp³-hybridized carbons (Fsp3) is 0.500. The van der Waals surface area contributed by atoms with Gasteiger partial charge in [-0.3, -0.25) is 9.48 Å². The van der Waals surface area contributed by atoms with Crippen LogP contribution in [0.1, 0.15) is 33.9 Å². The Hall–Kier alpha value is -2.06. The van der Waals surface area contributed by atoms with Gasteiger partial charge in [-0.05, 0) is 12.0 Å². The molecular formula is C16H16F2N2O4. The summed E-state index contributed by atoms with van der Waals surface area (Å²) in [7, 11) is 0. The van der Waals surface area contributed by atoms with Crippen LogP contribution in [0.15, 0.2) is 10.6 Å². The highest BCUT2D eigenvalue weighted by molar-refractivity contribution is 5.82. The van der Waals surface area contributed by atoms with Crippen molar-refractivity contribution in [2.24, 2.45) is 0 Å². The molecule has 8 heteroatoms. The molecule has 24 heavy (non-hydrogen) atoms. The van der Waals surface area contributed by atoms with Gasteiger partial charge in [0.15, 0.2) is 12.0 Å². The van der Waals surface area contributed by atoms with Crippen LogP contribution in [0.3, 0.4) is 0 Å². The van der Waals surface area contributed by atoms with Crippen LogP contribution in [-0.2, 0) is 28.9 Å². The number of hydrogen-bond donors (Lipinski definition) is 0. The average Bonchev–Trinajstić information content (AvgIpc) is 3.15. The van der Waals surface area contributed by atoms with E-state index in [1.807, 2.05) is 6.20 Å². The molecule has 6 nitrogen and oxygen atoms in total. The van der Waals surface area contributed by atoms with Crippen molar-refractivity contribution >= 4 is 6.29 Å². The molecular weight excluding hydrogens is 322 g/mol. The molecule has 0 bridgehead atoms. The van der Waals surface area contributed by atoms with E-state index < -0.39 is 6.43 Å². The third-order valence-corrected chi connectivity index (χ3v) is 4.34. The van der Waals surface area contributed by atoms with Crippen molar-refractivity contribution in [3.63, 3.8) is 0 Å². The highest BCUT2D eigenvalue weighted by atomic mass is 19.3. The number of carbonyl (C=O) groups excluding carboxylic acids is 1. The highest BCUT2D eigenvalue weighted by Crippen LogP contribution is 2.42. The first-order chi connectivity index (χ1) is 11.7. The summed E-state index contributed by atoms with van der Waals surface area (Å²) in [6.07, 6.45) is 0.402. The second-order valence-electron chi connectivity index (χ2n) is 5.89. The summed E-state index contributed by atoms with van der Waals surface area (Å²) in [6.45, 7) is 2.09. The van der Waals surface area contributed by atoms with Gasteiger partial charge in [0.05, 0.1) is 43.2 Å². The van der Waals surface area contributed by atoms with E-state index in [1.54, 1.807) is 4.68 Å². The number of aldehydes is 1. The molecule has 0 aromatic carbocycles. The molecule has 0 N–H and O–H groups in total. The molecule has 0 saturated carbocycles. The van der Waals surface area contributed by atoms with Gasteiger partial charge >= 0.3 is 0 Å². The number of furan rings is 1. The summed E-state index contributed by atoms with van der Waals surface area (Å²) >= 11 is 0. The molecule has 0 spiro atoms. The molecule has 1 fully saturated rings. The lowest BCUT2D eigenvalue weighted by atomic mass is 9.93. The largest absolute Gasteiger partial charge is 0.457 e. The second-order valence-corrected chi connectivity index (χ2v) is 5.89. The predicted octanol–water partition coefficient (Wildman–Crippen LogP) is 2.41. The van der Waals surface area contributed by atoms with Gasteiger partial charge in [0.1, 0.15) is 11.9 Å².